The fourth-order valence-electron chi connectivity index (χ4n) is 2.94. The highest BCUT2D eigenvalue weighted by Crippen LogP contribution is 2.25. The van der Waals surface area contributed by atoms with Crippen LogP contribution in [0.5, 0.6) is 0 Å². The Bertz CT molecular complexity index is 375. The van der Waals surface area contributed by atoms with E-state index in [1.165, 1.54) is 44.1 Å². The molecular weight excluding hydrogens is 298 g/mol. The summed E-state index contributed by atoms with van der Waals surface area (Å²) in [6.07, 6.45) is 8.53. The second kappa shape index (κ2) is 6.90. The number of benzene rings is 1. The minimum atomic E-state index is 0.0625. The van der Waals surface area contributed by atoms with Crippen LogP contribution in [0.15, 0.2) is 28.7 Å². The lowest BCUT2D eigenvalue weighted by atomic mass is 9.92. The molecule has 0 spiro atoms. The van der Waals surface area contributed by atoms with Gasteiger partial charge < -0.3 is 5.32 Å². The molecule has 0 unspecified atom stereocenters. The number of hydrogen-bond donors (Lipinski definition) is 1. The topological polar surface area (TPSA) is 12.0 Å². The fraction of sp³-hybridized carbons (Fsp3) is 0.647. The van der Waals surface area contributed by atoms with E-state index >= 15 is 0 Å². The van der Waals surface area contributed by atoms with E-state index in [1.807, 2.05) is 0 Å². The molecule has 19 heavy (non-hydrogen) atoms. The summed E-state index contributed by atoms with van der Waals surface area (Å²) in [6, 6.07) is 8.68. The van der Waals surface area contributed by atoms with Crippen LogP contribution in [0.1, 0.15) is 57.9 Å². The fourth-order valence-corrected chi connectivity index (χ4v) is 3.20. The molecule has 0 radical (unpaired) electrons. The van der Waals surface area contributed by atoms with Crippen LogP contribution >= 0.6 is 15.9 Å². The Morgan fingerprint density at radius 2 is 1.63 bits per heavy atom. The van der Waals surface area contributed by atoms with Crippen molar-refractivity contribution in [2.45, 2.75) is 57.9 Å². The van der Waals surface area contributed by atoms with E-state index in [4.69, 9.17) is 0 Å². The smallest absolute Gasteiger partial charge is 0.0377 e. The van der Waals surface area contributed by atoms with Gasteiger partial charge in [0.25, 0.3) is 0 Å². The molecule has 2 rings (SSSR count). The van der Waals surface area contributed by atoms with Crippen LogP contribution in [0.3, 0.4) is 0 Å². The molecule has 1 fully saturated rings. The van der Waals surface area contributed by atoms with Crippen molar-refractivity contribution in [1.29, 1.82) is 0 Å². The van der Waals surface area contributed by atoms with E-state index in [0.29, 0.717) is 0 Å². The van der Waals surface area contributed by atoms with Crippen molar-refractivity contribution in [1.82, 2.24) is 5.32 Å². The molecule has 1 aromatic carbocycles. The molecule has 1 aliphatic rings. The first-order chi connectivity index (χ1) is 9.08. The molecule has 1 aliphatic carbocycles. The molecular formula is C17H26BrN. The monoisotopic (exact) mass is 323 g/mol. The van der Waals surface area contributed by atoms with Crippen LogP contribution in [-0.4, -0.2) is 6.54 Å². The van der Waals surface area contributed by atoms with E-state index in [9.17, 15) is 0 Å². The average molecular weight is 324 g/mol. The van der Waals surface area contributed by atoms with Crippen molar-refractivity contribution in [3.63, 3.8) is 0 Å². The van der Waals surface area contributed by atoms with Crippen molar-refractivity contribution < 1.29 is 0 Å². The lowest BCUT2D eigenvalue weighted by Gasteiger charge is -2.29. The van der Waals surface area contributed by atoms with Gasteiger partial charge in [-0.05, 0) is 56.8 Å². The molecule has 0 amide bonds. The largest absolute Gasteiger partial charge is 0.308 e. The highest BCUT2D eigenvalue weighted by molar-refractivity contribution is 9.10. The van der Waals surface area contributed by atoms with Gasteiger partial charge in [0.05, 0.1) is 0 Å². The second-order valence-corrected chi connectivity index (χ2v) is 7.29. The van der Waals surface area contributed by atoms with Crippen LogP contribution in [0, 0.1) is 5.92 Å². The summed E-state index contributed by atoms with van der Waals surface area (Å²) in [6.45, 7) is 5.73. The Labute approximate surface area is 126 Å². The zero-order valence-electron chi connectivity index (χ0n) is 12.2. The Balaban J connectivity index is 1.91. The van der Waals surface area contributed by atoms with E-state index in [1.54, 1.807) is 0 Å². The maximum absolute atomic E-state index is 3.78. The average Bonchev–Trinajstić information content (AvgIpc) is 2.65. The molecule has 1 aromatic rings. The lowest BCUT2D eigenvalue weighted by Crippen LogP contribution is -2.39. The Kier molecular flexibility index (Phi) is 5.47. The first kappa shape index (κ1) is 15.1. The van der Waals surface area contributed by atoms with Gasteiger partial charge in [-0.1, -0.05) is 53.7 Å². The van der Waals surface area contributed by atoms with Gasteiger partial charge in [-0.3, -0.25) is 0 Å². The SMILES string of the molecule is CC(C)(NCC1CCCCCC1)c1ccc(Br)cc1. The van der Waals surface area contributed by atoms with Gasteiger partial charge in [-0.25, -0.2) is 0 Å². The van der Waals surface area contributed by atoms with Gasteiger partial charge in [0.2, 0.25) is 0 Å². The highest BCUT2D eigenvalue weighted by atomic mass is 79.9. The van der Waals surface area contributed by atoms with Crippen LogP contribution in [0.4, 0.5) is 0 Å². The lowest BCUT2D eigenvalue weighted by molar-refractivity contribution is 0.335. The van der Waals surface area contributed by atoms with Crippen molar-refractivity contribution in [2.24, 2.45) is 5.92 Å². The predicted octanol–water partition coefficient (Wildman–Crippen LogP) is 5.24. The summed E-state index contributed by atoms with van der Waals surface area (Å²) in [5.41, 5.74) is 1.43. The summed E-state index contributed by atoms with van der Waals surface area (Å²) in [4.78, 5) is 0. The van der Waals surface area contributed by atoms with E-state index in [-0.39, 0.29) is 5.54 Å². The van der Waals surface area contributed by atoms with Crippen molar-refractivity contribution in [2.75, 3.05) is 6.54 Å². The molecule has 0 atom stereocenters. The molecule has 1 saturated carbocycles. The zero-order valence-corrected chi connectivity index (χ0v) is 13.8. The summed E-state index contributed by atoms with van der Waals surface area (Å²) >= 11 is 3.50. The summed E-state index contributed by atoms with van der Waals surface area (Å²) in [7, 11) is 0. The number of halogens is 1. The minimum absolute atomic E-state index is 0.0625. The van der Waals surface area contributed by atoms with Gasteiger partial charge in [-0.15, -0.1) is 0 Å². The zero-order chi connectivity index (χ0) is 13.7. The van der Waals surface area contributed by atoms with Crippen LogP contribution in [-0.2, 0) is 5.54 Å². The molecule has 0 aliphatic heterocycles. The molecule has 0 aromatic heterocycles. The summed E-state index contributed by atoms with van der Waals surface area (Å²) in [5.74, 6) is 0.872. The summed E-state index contributed by atoms with van der Waals surface area (Å²) < 4.78 is 1.15. The highest BCUT2D eigenvalue weighted by Gasteiger charge is 2.21. The van der Waals surface area contributed by atoms with Crippen LogP contribution in [0.2, 0.25) is 0 Å². The molecule has 1 nitrogen and oxygen atoms in total. The number of rotatable bonds is 4. The number of hydrogen-bond acceptors (Lipinski definition) is 1. The standard InChI is InChI=1S/C17H26BrN/c1-17(2,15-9-11-16(18)12-10-15)19-13-14-7-5-3-4-6-8-14/h9-12,14,19H,3-8,13H2,1-2H3. The maximum Gasteiger partial charge on any atom is 0.0377 e. The van der Waals surface area contributed by atoms with Gasteiger partial charge >= 0.3 is 0 Å². The molecule has 0 heterocycles. The normalized spacial score (nSPS) is 18.3. The van der Waals surface area contributed by atoms with Crippen LogP contribution in [0.25, 0.3) is 0 Å². The maximum atomic E-state index is 3.78. The quantitative estimate of drug-likeness (QED) is 0.747. The molecule has 2 heteroatoms. The molecule has 0 saturated heterocycles. The minimum Gasteiger partial charge on any atom is -0.308 e. The Hall–Kier alpha value is -0.340. The Morgan fingerprint density at radius 3 is 2.21 bits per heavy atom. The second-order valence-electron chi connectivity index (χ2n) is 6.37. The van der Waals surface area contributed by atoms with E-state index in [0.717, 1.165) is 16.9 Å². The van der Waals surface area contributed by atoms with Gasteiger partial charge in [0.1, 0.15) is 0 Å². The van der Waals surface area contributed by atoms with E-state index < -0.39 is 0 Å². The summed E-state index contributed by atoms with van der Waals surface area (Å²) in [5, 5.41) is 3.78. The van der Waals surface area contributed by atoms with Gasteiger partial charge in [0, 0.05) is 10.0 Å². The van der Waals surface area contributed by atoms with E-state index in [2.05, 4.69) is 59.4 Å². The van der Waals surface area contributed by atoms with Crippen molar-refractivity contribution in [3.05, 3.63) is 34.3 Å². The Morgan fingerprint density at radius 1 is 1.05 bits per heavy atom. The van der Waals surface area contributed by atoms with Crippen molar-refractivity contribution >= 4 is 15.9 Å². The van der Waals surface area contributed by atoms with Crippen molar-refractivity contribution in [3.8, 4) is 0 Å². The third-order valence-corrected chi connectivity index (χ3v) is 4.90. The molecule has 106 valence electrons. The van der Waals surface area contributed by atoms with Gasteiger partial charge in [0.15, 0.2) is 0 Å². The van der Waals surface area contributed by atoms with Gasteiger partial charge in [-0.2, -0.15) is 0 Å². The number of nitrogens with one attached hydrogen (secondary N) is 1. The van der Waals surface area contributed by atoms with Crippen LogP contribution < -0.4 is 5.32 Å². The first-order valence-electron chi connectivity index (χ1n) is 7.59. The predicted molar refractivity (Wildman–Crippen MR) is 86.4 cm³/mol. The molecule has 0 bridgehead atoms. The first-order valence-corrected chi connectivity index (χ1v) is 8.38. The third-order valence-electron chi connectivity index (χ3n) is 4.37. The molecule has 1 N–H and O–H groups in total. The third kappa shape index (κ3) is 4.61.